The Hall–Kier alpha value is -1.13. The summed E-state index contributed by atoms with van der Waals surface area (Å²) in [6.07, 6.45) is 1.94. The molecule has 7 heteroatoms. The van der Waals surface area contributed by atoms with Crippen molar-refractivity contribution in [3.63, 3.8) is 0 Å². The van der Waals surface area contributed by atoms with Gasteiger partial charge >= 0.3 is 12.0 Å². The van der Waals surface area contributed by atoms with Crippen LogP contribution in [0.15, 0.2) is 0 Å². The summed E-state index contributed by atoms with van der Waals surface area (Å²) in [6, 6.07) is -1.09. The number of hydrogen-bond donors (Lipinski definition) is 1. The third-order valence-corrected chi connectivity index (χ3v) is 4.66. The molecule has 1 atom stereocenters. The standard InChI is InChI=1S/C10H16N2O4S/c1-10(8(11-2)9(13)14)4-6-12(7-5-10)17(3,15)16/h8H,4-7H2,1,3H3,(H,13,14). The lowest BCUT2D eigenvalue weighted by molar-refractivity contribution is -0.140. The van der Waals surface area contributed by atoms with Crippen LogP contribution in [0.3, 0.4) is 0 Å². The Morgan fingerprint density at radius 3 is 2.24 bits per heavy atom. The monoisotopic (exact) mass is 260 g/mol. The van der Waals surface area contributed by atoms with Gasteiger partial charge in [0.25, 0.3) is 0 Å². The molecule has 0 saturated carbocycles. The number of rotatable bonds is 3. The molecule has 96 valence electrons. The van der Waals surface area contributed by atoms with E-state index in [1.165, 1.54) is 4.31 Å². The van der Waals surface area contributed by atoms with E-state index in [4.69, 9.17) is 11.7 Å². The van der Waals surface area contributed by atoms with Crippen LogP contribution in [0, 0.1) is 12.0 Å². The predicted octanol–water partition coefficient (Wildman–Crippen LogP) is 0.421. The molecule has 0 aromatic carbocycles. The molecule has 1 unspecified atom stereocenters. The minimum absolute atomic E-state index is 0.286. The van der Waals surface area contributed by atoms with Crippen LogP contribution in [-0.2, 0) is 14.8 Å². The highest BCUT2D eigenvalue weighted by Gasteiger charge is 2.47. The zero-order chi connectivity index (χ0) is 13.3. The van der Waals surface area contributed by atoms with Gasteiger partial charge in [0, 0.05) is 13.1 Å². The molecule has 1 N–H and O–H groups in total. The molecule has 0 aromatic heterocycles. The smallest absolute Gasteiger partial charge is 0.388 e. The van der Waals surface area contributed by atoms with Crippen LogP contribution in [0.1, 0.15) is 19.8 Å². The number of hydrogen-bond acceptors (Lipinski definition) is 3. The first-order valence-electron chi connectivity index (χ1n) is 5.25. The Balaban J connectivity index is 2.80. The Kier molecular flexibility index (Phi) is 3.79. The maximum Gasteiger partial charge on any atom is 0.388 e. The molecule has 0 aliphatic carbocycles. The predicted molar refractivity (Wildman–Crippen MR) is 61.8 cm³/mol. The van der Waals surface area contributed by atoms with Crippen molar-refractivity contribution in [2.24, 2.45) is 5.41 Å². The van der Waals surface area contributed by atoms with E-state index >= 15 is 0 Å². The molecule has 0 bridgehead atoms. The van der Waals surface area contributed by atoms with Gasteiger partial charge in [0.2, 0.25) is 10.0 Å². The zero-order valence-corrected chi connectivity index (χ0v) is 10.7. The molecule has 1 saturated heterocycles. The first kappa shape index (κ1) is 13.9. The quantitative estimate of drug-likeness (QED) is 0.746. The van der Waals surface area contributed by atoms with Crippen molar-refractivity contribution in [3.8, 4) is 0 Å². The zero-order valence-electron chi connectivity index (χ0n) is 9.88. The Morgan fingerprint density at radius 1 is 1.47 bits per heavy atom. The summed E-state index contributed by atoms with van der Waals surface area (Å²) in [5, 5.41) is 8.97. The van der Waals surface area contributed by atoms with E-state index in [0.29, 0.717) is 12.8 Å². The molecule has 0 radical (unpaired) electrons. The molecule has 1 aliphatic rings. The van der Waals surface area contributed by atoms with Crippen molar-refractivity contribution in [1.29, 1.82) is 0 Å². The van der Waals surface area contributed by atoms with Crippen molar-refractivity contribution in [2.45, 2.75) is 25.8 Å². The number of aliphatic carboxylic acids is 1. The van der Waals surface area contributed by atoms with Gasteiger partial charge in [-0.3, -0.25) is 0 Å². The molecule has 1 fully saturated rings. The fourth-order valence-corrected chi connectivity index (χ4v) is 2.96. The minimum atomic E-state index is -3.22. The van der Waals surface area contributed by atoms with E-state index < -0.39 is 27.4 Å². The second-order valence-electron chi connectivity index (χ2n) is 4.69. The second kappa shape index (κ2) is 4.63. The Labute approximate surface area is 101 Å². The normalized spacial score (nSPS) is 22.6. The number of sulfonamides is 1. The molecular weight excluding hydrogens is 244 g/mol. The van der Waals surface area contributed by atoms with E-state index in [0.717, 1.165) is 6.26 Å². The van der Waals surface area contributed by atoms with Crippen LogP contribution >= 0.6 is 0 Å². The fraction of sp³-hybridized carbons (Fsp3) is 0.800. The van der Waals surface area contributed by atoms with E-state index in [1.54, 1.807) is 6.92 Å². The number of carbonyl (C=O) groups is 1. The van der Waals surface area contributed by atoms with Gasteiger partial charge < -0.3 is 9.95 Å². The van der Waals surface area contributed by atoms with Gasteiger partial charge in [-0.15, -0.1) is 0 Å². The summed E-state index contributed by atoms with van der Waals surface area (Å²) in [5.74, 6) is -1.13. The van der Waals surface area contributed by atoms with Gasteiger partial charge in [0.1, 0.15) is 0 Å². The van der Waals surface area contributed by atoms with Gasteiger partial charge in [0.05, 0.1) is 11.7 Å². The van der Waals surface area contributed by atoms with Gasteiger partial charge in [-0.05, 0) is 12.8 Å². The van der Waals surface area contributed by atoms with Crippen molar-refractivity contribution in [1.82, 2.24) is 4.31 Å². The minimum Gasteiger partial charge on any atom is -0.475 e. The molecule has 1 rings (SSSR count). The van der Waals surface area contributed by atoms with E-state index in [-0.39, 0.29) is 13.1 Å². The first-order valence-corrected chi connectivity index (χ1v) is 7.10. The van der Waals surface area contributed by atoms with E-state index in [1.807, 2.05) is 0 Å². The van der Waals surface area contributed by atoms with E-state index in [2.05, 4.69) is 4.85 Å². The topological polar surface area (TPSA) is 79.0 Å². The molecule has 17 heavy (non-hydrogen) atoms. The SMILES string of the molecule is [C-]#[N+]C(C(=O)O)C1(C)CCN(S(C)(=O)=O)CC1. The summed E-state index contributed by atoms with van der Waals surface area (Å²) in [7, 11) is -3.22. The maximum atomic E-state index is 11.3. The van der Waals surface area contributed by atoms with Crippen LogP contribution in [0.4, 0.5) is 0 Å². The Morgan fingerprint density at radius 2 is 1.94 bits per heavy atom. The van der Waals surface area contributed by atoms with Gasteiger partial charge in [-0.2, -0.15) is 0 Å². The maximum absolute atomic E-state index is 11.3. The van der Waals surface area contributed by atoms with E-state index in [9.17, 15) is 13.2 Å². The summed E-state index contributed by atoms with van der Waals surface area (Å²) in [6.45, 7) is 9.25. The van der Waals surface area contributed by atoms with Crippen LogP contribution in [-0.4, -0.2) is 49.2 Å². The largest absolute Gasteiger partial charge is 0.475 e. The van der Waals surface area contributed by atoms with Gasteiger partial charge in [-0.1, -0.05) is 6.92 Å². The number of carboxylic acids is 1. The molecule has 0 aromatic rings. The molecule has 0 amide bonds. The van der Waals surface area contributed by atoms with Crippen LogP contribution in [0.2, 0.25) is 0 Å². The fourth-order valence-electron chi connectivity index (χ4n) is 2.11. The molecule has 1 heterocycles. The molecular formula is C10H16N2O4S. The lowest BCUT2D eigenvalue weighted by Crippen LogP contribution is -2.47. The van der Waals surface area contributed by atoms with Crippen molar-refractivity contribution >= 4 is 16.0 Å². The van der Waals surface area contributed by atoms with Gasteiger partial charge in [-0.25, -0.2) is 24.1 Å². The second-order valence-corrected chi connectivity index (χ2v) is 6.67. The van der Waals surface area contributed by atoms with Crippen LogP contribution in [0.25, 0.3) is 4.85 Å². The highest BCUT2D eigenvalue weighted by atomic mass is 32.2. The third-order valence-electron chi connectivity index (χ3n) is 3.36. The van der Waals surface area contributed by atoms with Crippen molar-refractivity contribution in [2.75, 3.05) is 19.3 Å². The summed E-state index contributed by atoms with van der Waals surface area (Å²) in [4.78, 5) is 14.1. The molecule has 0 spiro atoms. The number of nitrogens with zero attached hydrogens (tertiary/aromatic N) is 2. The summed E-state index contributed by atoms with van der Waals surface area (Å²) < 4.78 is 24.0. The first-order chi connectivity index (χ1) is 7.70. The van der Waals surface area contributed by atoms with Crippen molar-refractivity contribution in [3.05, 3.63) is 11.4 Å². The van der Waals surface area contributed by atoms with Gasteiger partial charge in [0.15, 0.2) is 0 Å². The van der Waals surface area contributed by atoms with Crippen molar-refractivity contribution < 1.29 is 18.3 Å². The highest BCUT2D eigenvalue weighted by Crippen LogP contribution is 2.37. The van der Waals surface area contributed by atoms with Crippen LogP contribution in [0.5, 0.6) is 0 Å². The summed E-state index contributed by atoms with van der Waals surface area (Å²) >= 11 is 0. The number of carboxylic acid groups (broad SMARTS) is 1. The van der Waals surface area contributed by atoms with Crippen LogP contribution < -0.4 is 0 Å². The average Bonchev–Trinajstić information content (AvgIpc) is 2.16. The lowest BCUT2D eigenvalue weighted by Gasteiger charge is -2.36. The third kappa shape index (κ3) is 2.96. The number of piperidine rings is 1. The summed E-state index contributed by atoms with van der Waals surface area (Å²) in [5.41, 5.74) is -0.644. The highest BCUT2D eigenvalue weighted by molar-refractivity contribution is 7.88. The molecule has 6 nitrogen and oxygen atoms in total. The Bertz CT molecular complexity index is 443. The molecule has 1 aliphatic heterocycles. The average molecular weight is 260 g/mol. The lowest BCUT2D eigenvalue weighted by atomic mass is 9.75.